The van der Waals surface area contributed by atoms with Crippen LogP contribution in [0.1, 0.15) is 19.3 Å². The van der Waals surface area contributed by atoms with Gasteiger partial charge in [0.05, 0.1) is 7.11 Å². The number of benzene rings is 1. The Morgan fingerprint density at radius 2 is 2.03 bits per heavy atom. The van der Waals surface area contributed by atoms with Crippen LogP contribution in [0.3, 0.4) is 0 Å². The number of aromatic nitrogens is 3. The summed E-state index contributed by atoms with van der Waals surface area (Å²) in [6.45, 7) is 2.08. The second-order valence-corrected chi connectivity index (χ2v) is 7.62. The van der Waals surface area contributed by atoms with E-state index >= 15 is 0 Å². The molecule has 0 aliphatic carbocycles. The predicted molar refractivity (Wildman–Crippen MR) is 114 cm³/mol. The molecule has 6 nitrogen and oxygen atoms in total. The molecule has 0 spiro atoms. The number of piperidine rings is 1. The molecule has 0 bridgehead atoms. The molecule has 0 unspecified atom stereocenters. The van der Waals surface area contributed by atoms with Gasteiger partial charge in [-0.2, -0.15) is 0 Å². The molecule has 5 rings (SSSR count). The van der Waals surface area contributed by atoms with E-state index in [4.69, 9.17) is 4.74 Å². The quantitative estimate of drug-likeness (QED) is 0.570. The van der Waals surface area contributed by atoms with Crippen molar-refractivity contribution in [2.24, 2.45) is 0 Å². The van der Waals surface area contributed by atoms with Gasteiger partial charge in [0.15, 0.2) is 0 Å². The summed E-state index contributed by atoms with van der Waals surface area (Å²) in [7, 11) is 1.67. The minimum atomic E-state index is 0.183. The smallest absolute Gasteiger partial charge is 0.242 e. The molecule has 6 heteroatoms. The number of carbonyl (C=O) groups is 1. The van der Waals surface area contributed by atoms with Crippen molar-refractivity contribution in [3.05, 3.63) is 48.8 Å². The van der Waals surface area contributed by atoms with E-state index in [1.54, 1.807) is 13.3 Å². The maximum absolute atomic E-state index is 12.9. The van der Waals surface area contributed by atoms with E-state index in [0.29, 0.717) is 6.54 Å². The number of likely N-dealkylation sites (tertiary alicyclic amines) is 1. The Morgan fingerprint density at radius 3 is 2.83 bits per heavy atom. The second-order valence-electron chi connectivity index (χ2n) is 7.62. The molecular weight excluding hydrogens is 364 g/mol. The van der Waals surface area contributed by atoms with Crippen molar-refractivity contribution < 1.29 is 9.53 Å². The molecule has 4 aromatic rings. The van der Waals surface area contributed by atoms with Gasteiger partial charge in [-0.3, -0.25) is 4.79 Å². The van der Waals surface area contributed by atoms with Crippen LogP contribution in [0.25, 0.3) is 33.2 Å². The first kappa shape index (κ1) is 17.8. The Hall–Kier alpha value is -3.28. The number of nitrogens with zero attached hydrogens (tertiary/aromatic N) is 3. The highest BCUT2D eigenvalue weighted by atomic mass is 16.5. The molecule has 148 valence electrons. The zero-order valence-corrected chi connectivity index (χ0v) is 16.5. The van der Waals surface area contributed by atoms with Gasteiger partial charge >= 0.3 is 0 Å². The summed E-state index contributed by atoms with van der Waals surface area (Å²) < 4.78 is 7.51. The lowest BCUT2D eigenvalue weighted by molar-refractivity contribution is -0.132. The number of amides is 1. The lowest BCUT2D eigenvalue weighted by atomic mass is 10.1. The Morgan fingerprint density at radius 1 is 1.17 bits per heavy atom. The van der Waals surface area contributed by atoms with Crippen molar-refractivity contribution in [3.8, 4) is 17.0 Å². The summed E-state index contributed by atoms with van der Waals surface area (Å²) in [6.07, 6.45) is 7.27. The van der Waals surface area contributed by atoms with Crippen LogP contribution in [0.4, 0.5) is 0 Å². The van der Waals surface area contributed by atoms with Crippen molar-refractivity contribution >= 4 is 27.8 Å². The topological polar surface area (TPSA) is 63.1 Å². The Bertz CT molecular complexity index is 1150. The van der Waals surface area contributed by atoms with Crippen LogP contribution in [0.5, 0.6) is 5.75 Å². The van der Waals surface area contributed by atoms with Gasteiger partial charge in [-0.25, -0.2) is 4.98 Å². The molecule has 0 radical (unpaired) electrons. The molecule has 1 aromatic carbocycles. The molecule has 1 aliphatic rings. The summed E-state index contributed by atoms with van der Waals surface area (Å²) >= 11 is 0. The number of ether oxygens (including phenoxy) is 1. The fourth-order valence-corrected chi connectivity index (χ4v) is 4.24. The van der Waals surface area contributed by atoms with Gasteiger partial charge in [0.1, 0.15) is 17.9 Å². The van der Waals surface area contributed by atoms with Gasteiger partial charge < -0.3 is 19.2 Å². The summed E-state index contributed by atoms with van der Waals surface area (Å²) in [4.78, 5) is 22.7. The van der Waals surface area contributed by atoms with Gasteiger partial charge in [0.2, 0.25) is 5.91 Å². The van der Waals surface area contributed by atoms with E-state index in [1.165, 1.54) is 6.42 Å². The number of carbonyl (C=O) groups excluding carboxylic acids is 1. The van der Waals surface area contributed by atoms with E-state index in [0.717, 1.165) is 64.9 Å². The molecule has 29 heavy (non-hydrogen) atoms. The molecule has 1 fully saturated rings. The maximum Gasteiger partial charge on any atom is 0.242 e. The number of nitrogens with one attached hydrogen (secondary N) is 1. The summed E-state index contributed by atoms with van der Waals surface area (Å²) in [5.41, 5.74) is 3.91. The molecule has 1 aliphatic heterocycles. The zero-order chi connectivity index (χ0) is 19.8. The largest absolute Gasteiger partial charge is 0.497 e. The third kappa shape index (κ3) is 3.24. The number of rotatable bonds is 4. The van der Waals surface area contributed by atoms with Gasteiger partial charge in [-0.15, -0.1) is 0 Å². The van der Waals surface area contributed by atoms with Gasteiger partial charge in [-0.1, -0.05) is 0 Å². The van der Waals surface area contributed by atoms with Crippen LogP contribution in [-0.2, 0) is 11.3 Å². The maximum atomic E-state index is 12.9. The van der Waals surface area contributed by atoms with E-state index in [1.807, 2.05) is 35.2 Å². The van der Waals surface area contributed by atoms with E-state index in [9.17, 15) is 4.79 Å². The fourth-order valence-electron chi connectivity index (χ4n) is 4.24. The van der Waals surface area contributed by atoms with Gasteiger partial charge in [-0.05, 0) is 55.7 Å². The first-order valence-corrected chi connectivity index (χ1v) is 10.1. The molecule has 1 N–H and O–H groups in total. The fraction of sp³-hybridized carbons (Fsp3) is 0.304. The Kier molecular flexibility index (Phi) is 4.46. The SMILES string of the molecule is COc1ccc2c(c1)c(-c1cc3cccnc3[nH]1)cn2CC(=O)N1CCCCC1. The average molecular weight is 388 g/mol. The average Bonchev–Trinajstić information content (AvgIpc) is 3.35. The zero-order valence-electron chi connectivity index (χ0n) is 16.5. The number of H-pyrrole nitrogens is 1. The van der Waals surface area contributed by atoms with Crippen LogP contribution >= 0.6 is 0 Å². The first-order valence-electron chi connectivity index (χ1n) is 10.1. The summed E-state index contributed by atoms with van der Waals surface area (Å²) in [6, 6.07) is 12.1. The predicted octanol–water partition coefficient (Wildman–Crippen LogP) is 4.21. The van der Waals surface area contributed by atoms with Crippen molar-refractivity contribution in [1.29, 1.82) is 0 Å². The third-order valence-corrected chi connectivity index (χ3v) is 5.78. The van der Waals surface area contributed by atoms with Crippen LogP contribution in [0.15, 0.2) is 48.8 Å². The molecule has 4 heterocycles. The van der Waals surface area contributed by atoms with Crippen molar-refractivity contribution in [1.82, 2.24) is 19.4 Å². The monoisotopic (exact) mass is 388 g/mol. The number of pyridine rings is 1. The number of fused-ring (bicyclic) bond motifs is 2. The van der Waals surface area contributed by atoms with E-state index in [2.05, 4.69) is 26.8 Å². The van der Waals surface area contributed by atoms with Crippen molar-refractivity contribution in [3.63, 3.8) is 0 Å². The summed E-state index contributed by atoms with van der Waals surface area (Å²) in [5, 5.41) is 2.12. The van der Waals surface area contributed by atoms with Crippen molar-refractivity contribution in [2.75, 3.05) is 20.2 Å². The number of aromatic amines is 1. The van der Waals surface area contributed by atoms with Crippen LogP contribution in [0.2, 0.25) is 0 Å². The first-order chi connectivity index (χ1) is 14.2. The number of hydrogen-bond acceptors (Lipinski definition) is 3. The lowest BCUT2D eigenvalue weighted by Crippen LogP contribution is -2.37. The summed E-state index contributed by atoms with van der Waals surface area (Å²) in [5.74, 6) is 0.982. The van der Waals surface area contributed by atoms with Crippen LogP contribution in [0, 0.1) is 0 Å². The second kappa shape index (κ2) is 7.28. The molecule has 1 saturated heterocycles. The van der Waals surface area contributed by atoms with Crippen LogP contribution < -0.4 is 4.74 Å². The highest BCUT2D eigenvalue weighted by Gasteiger charge is 2.19. The minimum absolute atomic E-state index is 0.183. The van der Waals surface area contributed by atoms with Gasteiger partial charge in [0.25, 0.3) is 0 Å². The lowest BCUT2D eigenvalue weighted by Gasteiger charge is -2.27. The molecule has 0 saturated carbocycles. The molecule has 1 amide bonds. The Labute approximate surface area is 169 Å². The van der Waals surface area contributed by atoms with Gasteiger partial charge in [0, 0.05) is 53.0 Å². The molecule has 3 aromatic heterocycles. The minimum Gasteiger partial charge on any atom is -0.497 e. The number of methoxy groups -OCH3 is 1. The van der Waals surface area contributed by atoms with E-state index in [-0.39, 0.29) is 5.91 Å². The van der Waals surface area contributed by atoms with E-state index < -0.39 is 0 Å². The standard InChI is InChI=1S/C23H24N4O2/c1-29-17-7-8-21-18(13-17)19(20-12-16-6-5-9-24-23(16)25-20)14-27(21)15-22(28)26-10-3-2-4-11-26/h5-9,12-14H,2-4,10-11,15H2,1H3,(H,24,25). The Balaban J connectivity index is 1.58. The molecule has 0 atom stereocenters. The van der Waals surface area contributed by atoms with Crippen LogP contribution in [-0.4, -0.2) is 45.5 Å². The third-order valence-electron chi connectivity index (χ3n) is 5.78. The highest BCUT2D eigenvalue weighted by Crippen LogP contribution is 2.34. The molecular formula is C23H24N4O2. The number of hydrogen-bond donors (Lipinski definition) is 1. The normalized spacial score (nSPS) is 14.6. The highest BCUT2D eigenvalue weighted by molar-refractivity contribution is 5.99. The van der Waals surface area contributed by atoms with Crippen molar-refractivity contribution in [2.45, 2.75) is 25.8 Å².